The van der Waals surface area contributed by atoms with Crippen LogP contribution in [0.25, 0.3) is 11.0 Å². The number of amides is 1. The minimum atomic E-state index is -0.120. The lowest BCUT2D eigenvalue weighted by molar-refractivity contribution is 0.102. The van der Waals surface area contributed by atoms with Crippen molar-refractivity contribution >= 4 is 34.4 Å². The molecule has 144 valence electrons. The van der Waals surface area contributed by atoms with Crippen LogP contribution in [0.15, 0.2) is 60.9 Å². The minimum Gasteiger partial charge on any atom is -0.322 e. The summed E-state index contributed by atoms with van der Waals surface area (Å²) in [4.78, 5) is 18.8. The molecule has 0 unspecified atom stereocenters. The highest BCUT2D eigenvalue weighted by molar-refractivity contribution is 7.00. The van der Waals surface area contributed by atoms with Crippen LogP contribution in [0.1, 0.15) is 27.0 Å². The molecule has 0 radical (unpaired) electrons. The highest BCUT2D eigenvalue weighted by atomic mass is 32.1. The lowest BCUT2D eigenvalue weighted by atomic mass is 9.98. The first-order chi connectivity index (χ1) is 14.2. The predicted molar refractivity (Wildman–Crippen MR) is 114 cm³/mol. The average molecular weight is 401 g/mol. The third-order valence-corrected chi connectivity index (χ3v) is 5.78. The number of aromatic nitrogens is 3. The number of carbonyl (C=O) groups is 1. The van der Waals surface area contributed by atoms with Gasteiger partial charge in [0.25, 0.3) is 5.91 Å². The van der Waals surface area contributed by atoms with Crippen LogP contribution >= 0.6 is 11.7 Å². The highest BCUT2D eigenvalue weighted by Gasteiger charge is 2.18. The second-order valence-corrected chi connectivity index (χ2v) is 7.75. The Balaban J connectivity index is 1.30. The largest absolute Gasteiger partial charge is 0.322 e. The molecule has 6 nitrogen and oxygen atoms in total. The molecular formula is C22H19N5OS. The number of nitrogens with one attached hydrogen (secondary N) is 1. The molecule has 7 heteroatoms. The molecule has 2 aromatic heterocycles. The molecule has 1 aliphatic heterocycles. The number of carbonyl (C=O) groups excluding carboxylic acids is 1. The van der Waals surface area contributed by atoms with Gasteiger partial charge in [0, 0.05) is 43.3 Å². The van der Waals surface area contributed by atoms with Gasteiger partial charge in [-0.2, -0.15) is 8.75 Å². The van der Waals surface area contributed by atoms with E-state index >= 15 is 0 Å². The molecule has 0 bridgehead atoms. The van der Waals surface area contributed by atoms with Gasteiger partial charge in [-0.05, 0) is 59.5 Å². The smallest absolute Gasteiger partial charge is 0.255 e. The molecule has 0 saturated heterocycles. The first-order valence-corrected chi connectivity index (χ1v) is 10.2. The lowest BCUT2D eigenvalue weighted by Crippen LogP contribution is -2.30. The average Bonchev–Trinajstić information content (AvgIpc) is 3.22. The van der Waals surface area contributed by atoms with Crippen molar-refractivity contribution in [3.8, 4) is 0 Å². The Morgan fingerprint density at radius 1 is 1.00 bits per heavy atom. The number of fused-ring (bicyclic) bond motifs is 2. The van der Waals surface area contributed by atoms with E-state index in [1.54, 1.807) is 24.5 Å². The first-order valence-electron chi connectivity index (χ1n) is 9.51. The Kier molecular flexibility index (Phi) is 4.75. The topological polar surface area (TPSA) is 71.0 Å². The Morgan fingerprint density at radius 3 is 2.76 bits per heavy atom. The van der Waals surface area contributed by atoms with Crippen molar-refractivity contribution in [1.29, 1.82) is 0 Å². The molecule has 2 aromatic carbocycles. The summed E-state index contributed by atoms with van der Waals surface area (Å²) in [6.45, 7) is 2.76. The first kappa shape index (κ1) is 17.9. The molecule has 1 N–H and O–H groups in total. The zero-order chi connectivity index (χ0) is 19.6. The van der Waals surface area contributed by atoms with Gasteiger partial charge in [-0.25, -0.2) is 0 Å². The number of anilines is 1. The van der Waals surface area contributed by atoms with E-state index in [4.69, 9.17) is 0 Å². The van der Waals surface area contributed by atoms with Gasteiger partial charge in [-0.15, -0.1) is 0 Å². The SMILES string of the molecule is O=C(Nc1ccc2c(c1)CN(Cc1ccc3nsnc3c1)CC2)c1ccncc1. The van der Waals surface area contributed by atoms with Crippen LogP contribution in [-0.4, -0.2) is 31.1 Å². The lowest BCUT2D eigenvalue weighted by Gasteiger charge is -2.29. The number of benzene rings is 2. The molecule has 0 aliphatic carbocycles. The molecular weight excluding hydrogens is 382 g/mol. The molecule has 29 heavy (non-hydrogen) atoms. The maximum atomic E-state index is 12.4. The summed E-state index contributed by atoms with van der Waals surface area (Å²) < 4.78 is 8.61. The van der Waals surface area contributed by atoms with E-state index in [2.05, 4.69) is 48.2 Å². The second-order valence-electron chi connectivity index (χ2n) is 7.22. The van der Waals surface area contributed by atoms with Crippen LogP contribution in [0.4, 0.5) is 5.69 Å². The second kappa shape index (κ2) is 7.69. The van der Waals surface area contributed by atoms with Crippen LogP contribution in [0.3, 0.4) is 0 Å². The Labute approximate surface area is 172 Å². The Morgan fingerprint density at radius 2 is 1.86 bits per heavy atom. The maximum absolute atomic E-state index is 12.4. The fraction of sp³-hybridized carbons (Fsp3) is 0.182. The van der Waals surface area contributed by atoms with Gasteiger partial charge >= 0.3 is 0 Å². The number of nitrogens with zero attached hydrogens (tertiary/aromatic N) is 4. The molecule has 0 fully saturated rings. The molecule has 0 spiro atoms. The van der Waals surface area contributed by atoms with Crippen LogP contribution < -0.4 is 5.32 Å². The van der Waals surface area contributed by atoms with Crippen molar-refractivity contribution in [1.82, 2.24) is 18.6 Å². The van der Waals surface area contributed by atoms with E-state index in [0.717, 1.165) is 42.8 Å². The van der Waals surface area contributed by atoms with Gasteiger partial charge in [0.1, 0.15) is 11.0 Å². The van der Waals surface area contributed by atoms with Gasteiger partial charge in [-0.3, -0.25) is 14.7 Å². The van der Waals surface area contributed by atoms with Crippen molar-refractivity contribution in [3.05, 3.63) is 83.2 Å². The third kappa shape index (κ3) is 3.87. The summed E-state index contributed by atoms with van der Waals surface area (Å²) in [5, 5.41) is 2.99. The Bertz CT molecular complexity index is 1170. The predicted octanol–water partition coefficient (Wildman–Crippen LogP) is 3.90. The molecule has 0 saturated carbocycles. The van der Waals surface area contributed by atoms with E-state index in [9.17, 15) is 4.79 Å². The van der Waals surface area contributed by atoms with Crippen molar-refractivity contribution in [3.63, 3.8) is 0 Å². The van der Waals surface area contributed by atoms with E-state index in [1.165, 1.54) is 28.4 Å². The zero-order valence-electron chi connectivity index (χ0n) is 15.7. The maximum Gasteiger partial charge on any atom is 0.255 e. The summed E-state index contributed by atoms with van der Waals surface area (Å²) in [5.74, 6) is -0.120. The molecule has 3 heterocycles. The summed E-state index contributed by atoms with van der Waals surface area (Å²) in [7, 11) is 0. The molecule has 1 aliphatic rings. The van der Waals surface area contributed by atoms with E-state index in [-0.39, 0.29) is 5.91 Å². The minimum absolute atomic E-state index is 0.120. The number of hydrogen-bond acceptors (Lipinski definition) is 6. The van der Waals surface area contributed by atoms with Crippen LogP contribution in [0, 0.1) is 0 Å². The van der Waals surface area contributed by atoms with E-state index in [1.807, 2.05) is 12.1 Å². The summed E-state index contributed by atoms with van der Waals surface area (Å²) in [6, 6.07) is 15.9. The quantitative estimate of drug-likeness (QED) is 0.562. The van der Waals surface area contributed by atoms with Crippen molar-refractivity contribution < 1.29 is 4.79 Å². The van der Waals surface area contributed by atoms with E-state index in [0.29, 0.717) is 5.56 Å². The van der Waals surface area contributed by atoms with Crippen molar-refractivity contribution in [2.45, 2.75) is 19.5 Å². The third-order valence-electron chi connectivity index (χ3n) is 5.22. The summed E-state index contributed by atoms with van der Waals surface area (Å²) in [6.07, 6.45) is 4.26. The molecule has 1 amide bonds. The standard InChI is InChI=1S/C22H19N5OS/c28-22(17-5-8-23-9-6-17)24-19-3-2-16-7-10-27(14-18(16)12-19)13-15-1-4-20-21(11-15)26-29-25-20/h1-6,8-9,11-12H,7,10,13-14H2,(H,24,28). The molecule has 4 aromatic rings. The van der Waals surface area contributed by atoms with Gasteiger partial charge < -0.3 is 5.32 Å². The fourth-order valence-corrected chi connectivity index (χ4v) is 4.24. The zero-order valence-corrected chi connectivity index (χ0v) is 16.5. The van der Waals surface area contributed by atoms with Gasteiger partial charge in [-0.1, -0.05) is 12.1 Å². The van der Waals surface area contributed by atoms with E-state index < -0.39 is 0 Å². The van der Waals surface area contributed by atoms with Crippen LogP contribution in [0.2, 0.25) is 0 Å². The van der Waals surface area contributed by atoms with Crippen LogP contribution in [-0.2, 0) is 19.5 Å². The number of hydrogen-bond donors (Lipinski definition) is 1. The molecule has 0 atom stereocenters. The van der Waals surface area contributed by atoms with Crippen molar-refractivity contribution in [2.24, 2.45) is 0 Å². The van der Waals surface area contributed by atoms with Crippen LogP contribution in [0.5, 0.6) is 0 Å². The van der Waals surface area contributed by atoms with Gasteiger partial charge in [0.05, 0.1) is 11.7 Å². The summed E-state index contributed by atoms with van der Waals surface area (Å²) in [5.41, 5.74) is 7.20. The highest BCUT2D eigenvalue weighted by Crippen LogP contribution is 2.25. The normalized spacial score (nSPS) is 13.9. The Hall–Kier alpha value is -3.16. The number of pyridine rings is 1. The monoisotopic (exact) mass is 401 g/mol. The van der Waals surface area contributed by atoms with Gasteiger partial charge in [0.15, 0.2) is 0 Å². The van der Waals surface area contributed by atoms with Gasteiger partial charge in [0.2, 0.25) is 0 Å². The number of rotatable bonds is 4. The summed E-state index contributed by atoms with van der Waals surface area (Å²) >= 11 is 1.25. The fourth-order valence-electron chi connectivity index (χ4n) is 3.72. The molecule has 5 rings (SSSR count). The van der Waals surface area contributed by atoms with Crippen molar-refractivity contribution in [2.75, 3.05) is 11.9 Å².